The van der Waals surface area contributed by atoms with Gasteiger partial charge in [0.15, 0.2) is 0 Å². The molecule has 2 aromatic rings. The summed E-state index contributed by atoms with van der Waals surface area (Å²) in [7, 11) is 0. The molecule has 0 bridgehead atoms. The van der Waals surface area contributed by atoms with E-state index in [-0.39, 0.29) is 11.3 Å². The lowest BCUT2D eigenvalue weighted by molar-refractivity contribution is -0.112. The fourth-order valence-corrected chi connectivity index (χ4v) is 1.60. The van der Waals surface area contributed by atoms with Gasteiger partial charge in [-0.3, -0.25) is 9.78 Å². The Labute approximate surface area is 127 Å². The predicted octanol–water partition coefficient (Wildman–Crippen LogP) is 2.55. The average Bonchev–Trinajstić information content (AvgIpc) is 2.52. The van der Waals surface area contributed by atoms with Crippen LogP contribution in [0.25, 0.3) is 0 Å². The molecule has 0 aliphatic carbocycles. The number of benzene rings is 1. The highest BCUT2D eigenvalue weighted by molar-refractivity contribution is 6.06. The monoisotopic (exact) mass is 294 g/mol. The number of nitrogens with one attached hydrogen (secondary N) is 2. The molecule has 6 nitrogen and oxygen atoms in total. The molecule has 3 N–H and O–H groups in total. The van der Waals surface area contributed by atoms with Crippen LogP contribution >= 0.6 is 0 Å². The number of hydrogen-bond acceptors (Lipinski definition) is 5. The Morgan fingerprint density at radius 2 is 1.91 bits per heavy atom. The average molecular weight is 294 g/mol. The molecule has 0 spiro atoms. The van der Waals surface area contributed by atoms with Crippen molar-refractivity contribution < 1.29 is 9.90 Å². The van der Waals surface area contributed by atoms with E-state index >= 15 is 0 Å². The molecule has 22 heavy (non-hydrogen) atoms. The molecular weight excluding hydrogens is 280 g/mol. The number of carbonyl (C=O) groups excluding carboxylic acids is 1. The number of anilines is 2. The fraction of sp³-hybridized carbons (Fsp3) is 0.0625. The number of pyridine rings is 1. The third-order valence-corrected chi connectivity index (χ3v) is 2.78. The molecule has 1 aromatic carbocycles. The molecule has 6 heteroatoms. The van der Waals surface area contributed by atoms with Crippen LogP contribution in [0.15, 0.2) is 54.4 Å². The van der Waals surface area contributed by atoms with Gasteiger partial charge in [-0.1, -0.05) is 0 Å². The number of hydrogen-bond donors (Lipinski definition) is 3. The molecule has 1 aromatic heterocycles. The van der Waals surface area contributed by atoms with Gasteiger partial charge in [0.05, 0.1) is 11.9 Å². The minimum Gasteiger partial charge on any atom is -0.508 e. The van der Waals surface area contributed by atoms with Gasteiger partial charge in [-0.2, -0.15) is 5.26 Å². The van der Waals surface area contributed by atoms with Gasteiger partial charge in [-0.25, -0.2) is 0 Å². The smallest absolute Gasteiger partial charge is 0.267 e. The van der Waals surface area contributed by atoms with E-state index < -0.39 is 5.91 Å². The Hall–Kier alpha value is -3.33. The Bertz CT molecular complexity index is 728. The van der Waals surface area contributed by atoms with E-state index in [9.17, 15) is 9.90 Å². The Balaban J connectivity index is 2.05. The van der Waals surface area contributed by atoms with Crippen LogP contribution in [0.1, 0.15) is 5.69 Å². The number of carbonyl (C=O) groups is 1. The molecular formula is C16H14N4O2. The number of aryl methyl sites for hydroxylation is 1. The molecule has 0 saturated heterocycles. The molecule has 2 rings (SSSR count). The van der Waals surface area contributed by atoms with Crippen LogP contribution in [0, 0.1) is 18.3 Å². The third kappa shape index (κ3) is 4.08. The molecule has 110 valence electrons. The highest BCUT2D eigenvalue weighted by Gasteiger charge is 2.09. The lowest BCUT2D eigenvalue weighted by Gasteiger charge is -2.05. The van der Waals surface area contributed by atoms with Crippen LogP contribution < -0.4 is 10.6 Å². The van der Waals surface area contributed by atoms with E-state index in [0.29, 0.717) is 11.4 Å². The third-order valence-electron chi connectivity index (χ3n) is 2.78. The minimum absolute atomic E-state index is 0.0753. The number of rotatable bonds is 4. The maximum Gasteiger partial charge on any atom is 0.267 e. The summed E-state index contributed by atoms with van der Waals surface area (Å²) in [5.41, 5.74) is 1.96. The highest BCUT2D eigenvalue weighted by atomic mass is 16.3. The van der Waals surface area contributed by atoms with Crippen molar-refractivity contribution in [2.45, 2.75) is 6.92 Å². The molecule has 0 atom stereocenters. The van der Waals surface area contributed by atoms with E-state index in [1.807, 2.05) is 19.1 Å². The van der Waals surface area contributed by atoms with Crippen molar-refractivity contribution in [2.24, 2.45) is 0 Å². The standard InChI is InChI=1S/C16H14N4O2/c1-11-2-3-14(10-18-11)19-9-12(8-17)16(22)20-13-4-6-15(21)7-5-13/h2-7,9-10,19,21H,1H3,(H,20,22)/b12-9-. The van der Waals surface area contributed by atoms with E-state index in [0.717, 1.165) is 5.69 Å². The number of amides is 1. The van der Waals surface area contributed by atoms with Crippen molar-refractivity contribution in [3.8, 4) is 11.8 Å². The maximum atomic E-state index is 12.0. The van der Waals surface area contributed by atoms with Crippen molar-refractivity contribution >= 4 is 17.3 Å². The first-order chi connectivity index (χ1) is 10.6. The van der Waals surface area contributed by atoms with E-state index in [2.05, 4.69) is 15.6 Å². The van der Waals surface area contributed by atoms with Crippen LogP contribution in [0.2, 0.25) is 0 Å². The summed E-state index contributed by atoms with van der Waals surface area (Å²) in [6.45, 7) is 1.87. The van der Waals surface area contributed by atoms with Crippen LogP contribution in [0.3, 0.4) is 0 Å². The van der Waals surface area contributed by atoms with Gasteiger partial charge in [-0.05, 0) is 43.3 Å². The van der Waals surface area contributed by atoms with Crippen LogP contribution in [-0.4, -0.2) is 16.0 Å². The van der Waals surface area contributed by atoms with Gasteiger partial charge in [-0.15, -0.1) is 0 Å². The summed E-state index contributed by atoms with van der Waals surface area (Å²) < 4.78 is 0. The van der Waals surface area contributed by atoms with Crippen molar-refractivity contribution in [3.63, 3.8) is 0 Å². The fourth-order valence-electron chi connectivity index (χ4n) is 1.60. The minimum atomic E-state index is -0.541. The number of phenols is 1. The second-order valence-corrected chi connectivity index (χ2v) is 4.50. The van der Waals surface area contributed by atoms with Gasteiger partial charge in [0.1, 0.15) is 17.4 Å². The summed E-state index contributed by atoms with van der Waals surface area (Å²) >= 11 is 0. The summed E-state index contributed by atoms with van der Waals surface area (Å²) in [5, 5.41) is 23.7. The number of nitrogens with zero attached hydrogens (tertiary/aromatic N) is 2. The number of aromatic nitrogens is 1. The Kier molecular flexibility index (Phi) is 4.73. The van der Waals surface area contributed by atoms with Crippen LogP contribution in [0.4, 0.5) is 11.4 Å². The van der Waals surface area contributed by atoms with Gasteiger partial charge in [0.25, 0.3) is 5.91 Å². The highest BCUT2D eigenvalue weighted by Crippen LogP contribution is 2.14. The Morgan fingerprint density at radius 3 is 2.50 bits per heavy atom. The van der Waals surface area contributed by atoms with Gasteiger partial charge < -0.3 is 15.7 Å². The maximum absolute atomic E-state index is 12.0. The molecule has 1 heterocycles. The van der Waals surface area contributed by atoms with Crippen molar-refractivity contribution in [1.82, 2.24) is 4.98 Å². The lowest BCUT2D eigenvalue weighted by atomic mass is 10.2. The topological polar surface area (TPSA) is 98.0 Å². The van der Waals surface area contributed by atoms with E-state index in [1.54, 1.807) is 24.4 Å². The second kappa shape index (κ2) is 6.90. The lowest BCUT2D eigenvalue weighted by Crippen LogP contribution is -2.14. The zero-order valence-corrected chi connectivity index (χ0v) is 11.9. The first-order valence-corrected chi connectivity index (χ1v) is 6.48. The summed E-state index contributed by atoms with van der Waals surface area (Å²) in [6.07, 6.45) is 2.93. The molecule has 1 amide bonds. The molecule has 0 fully saturated rings. The van der Waals surface area contributed by atoms with Crippen molar-refractivity contribution in [2.75, 3.05) is 10.6 Å². The zero-order valence-electron chi connectivity index (χ0n) is 11.9. The number of phenolic OH excluding ortho intramolecular Hbond substituents is 1. The first kappa shape index (κ1) is 15.1. The largest absolute Gasteiger partial charge is 0.508 e. The number of nitriles is 1. The summed E-state index contributed by atoms with van der Waals surface area (Å²) in [4.78, 5) is 16.1. The molecule has 0 aliphatic heterocycles. The molecule has 0 radical (unpaired) electrons. The predicted molar refractivity (Wildman–Crippen MR) is 83.0 cm³/mol. The number of aromatic hydroxyl groups is 1. The first-order valence-electron chi connectivity index (χ1n) is 6.48. The molecule has 0 saturated carbocycles. The van der Waals surface area contributed by atoms with Crippen molar-refractivity contribution in [3.05, 3.63) is 60.1 Å². The van der Waals surface area contributed by atoms with Crippen LogP contribution in [0.5, 0.6) is 5.75 Å². The summed E-state index contributed by atoms with van der Waals surface area (Å²) in [5.74, 6) is -0.441. The van der Waals surface area contributed by atoms with Crippen molar-refractivity contribution in [1.29, 1.82) is 5.26 Å². The Morgan fingerprint density at radius 1 is 1.23 bits per heavy atom. The van der Waals surface area contributed by atoms with Gasteiger partial charge in [0.2, 0.25) is 0 Å². The zero-order chi connectivity index (χ0) is 15.9. The SMILES string of the molecule is Cc1ccc(N/C=C(/C#N)C(=O)Nc2ccc(O)cc2)cn1. The second-order valence-electron chi connectivity index (χ2n) is 4.50. The van der Waals surface area contributed by atoms with E-state index in [4.69, 9.17) is 5.26 Å². The molecule has 0 unspecified atom stereocenters. The molecule has 0 aliphatic rings. The summed E-state index contributed by atoms with van der Waals surface area (Å²) in [6, 6.07) is 11.4. The quantitative estimate of drug-likeness (QED) is 0.457. The van der Waals surface area contributed by atoms with Gasteiger partial charge >= 0.3 is 0 Å². The van der Waals surface area contributed by atoms with E-state index in [1.165, 1.54) is 18.3 Å². The van der Waals surface area contributed by atoms with Crippen LogP contribution in [-0.2, 0) is 4.79 Å². The normalized spacial score (nSPS) is 10.6. The van der Waals surface area contributed by atoms with Gasteiger partial charge in [0, 0.05) is 17.6 Å².